The second-order valence-corrected chi connectivity index (χ2v) is 6.58. The maximum atomic E-state index is 13.3. The fraction of sp³-hybridized carbons (Fsp3) is 0.389. The van der Waals surface area contributed by atoms with E-state index in [1.165, 1.54) is 25.1 Å². The van der Waals surface area contributed by atoms with Gasteiger partial charge in [0, 0.05) is 24.3 Å². The molecule has 0 radical (unpaired) electrons. The summed E-state index contributed by atoms with van der Waals surface area (Å²) in [5.74, 6) is -0.474. The third-order valence-corrected chi connectivity index (χ3v) is 4.52. The highest BCUT2D eigenvalue weighted by molar-refractivity contribution is 5.92. The van der Waals surface area contributed by atoms with Gasteiger partial charge in [0.05, 0.1) is 11.3 Å². The van der Waals surface area contributed by atoms with Crippen molar-refractivity contribution in [3.05, 3.63) is 57.5 Å². The molecule has 1 aliphatic carbocycles. The molecule has 10 heteroatoms. The highest BCUT2D eigenvalue weighted by Crippen LogP contribution is 2.34. The molecule has 1 amide bonds. The molecular formula is C18H20ClF3N4O2. The van der Waals surface area contributed by atoms with E-state index in [1.807, 2.05) is 0 Å². The summed E-state index contributed by atoms with van der Waals surface area (Å²) in [5.41, 5.74) is 3.55. The van der Waals surface area contributed by atoms with Crippen LogP contribution in [0.1, 0.15) is 34.6 Å². The third kappa shape index (κ3) is 4.53. The van der Waals surface area contributed by atoms with Crippen molar-refractivity contribution in [1.29, 1.82) is 0 Å². The van der Waals surface area contributed by atoms with Gasteiger partial charge < -0.3 is 11.1 Å². The average Bonchev–Trinajstić information content (AvgIpc) is 3.44. The van der Waals surface area contributed by atoms with Gasteiger partial charge in [0.2, 0.25) is 5.43 Å². The first-order valence-corrected chi connectivity index (χ1v) is 8.51. The van der Waals surface area contributed by atoms with E-state index in [0.717, 1.165) is 29.7 Å². The van der Waals surface area contributed by atoms with Crippen LogP contribution in [-0.2, 0) is 6.18 Å². The number of aryl methyl sites for hydroxylation is 1. The standard InChI is InChI=1S/C18H19F3N4O2.ClH/c1-10-8-15(26)16(17(27)23-13(9-22)11-6-7-11)24-25(10)14-5-3-2-4-12(14)18(19,20)21;/h2-5,8,11,13H,6-7,9,22H2,1H3,(H,23,27);1H. The van der Waals surface area contributed by atoms with Crippen LogP contribution < -0.4 is 16.5 Å². The number of hydrogen-bond donors (Lipinski definition) is 2. The van der Waals surface area contributed by atoms with E-state index in [0.29, 0.717) is 0 Å². The predicted octanol–water partition coefficient (Wildman–Crippen LogP) is 2.45. The van der Waals surface area contributed by atoms with E-state index in [4.69, 9.17) is 5.73 Å². The van der Waals surface area contributed by atoms with Gasteiger partial charge in [-0.05, 0) is 37.8 Å². The van der Waals surface area contributed by atoms with Gasteiger partial charge in [0.25, 0.3) is 5.91 Å². The number of benzene rings is 1. The largest absolute Gasteiger partial charge is 0.418 e. The van der Waals surface area contributed by atoms with Gasteiger partial charge in [-0.1, -0.05) is 12.1 Å². The number of rotatable bonds is 5. The lowest BCUT2D eigenvalue weighted by Gasteiger charge is -2.18. The highest BCUT2D eigenvalue weighted by Gasteiger charge is 2.35. The predicted molar refractivity (Wildman–Crippen MR) is 99.9 cm³/mol. The van der Waals surface area contributed by atoms with Gasteiger partial charge in [-0.2, -0.15) is 18.3 Å². The summed E-state index contributed by atoms with van der Waals surface area (Å²) in [6, 6.07) is 5.67. The number of halogens is 4. The van der Waals surface area contributed by atoms with Crippen LogP contribution in [0.15, 0.2) is 35.1 Å². The Morgan fingerprint density at radius 2 is 2.00 bits per heavy atom. The van der Waals surface area contributed by atoms with Crippen LogP contribution in [0, 0.1) is 12.8 Å². The first-order valence-electron chi connectivity index (χ1n) is 8.51. The molecule has 1 atom stereocenters. The van der Waals surface area contributed by atoms with Gasteiger partial charge in [-0.25, -0.2) is 4.68 Å². The van der Waals surface area contributed by atoms with E-state index in [1.54, 1.807) is 0 Å². The van der Waals surface area contributed by atoms with Crippen LogP contribution in [0.4, 0.5) is 13.2 Å². The third-order valence-electron chi connectivity index (χ3n) is 4.52. The molecule has 6 nitrogen and oxygen atoms in total. The number of hydrogen-bond acceptors (Lipinski definition) is 4. The minimum Gasteiger partial charge on any atom is -0.346 e. The monoisotopic (exact) mass is 416 g/mol. The van der Waals surface area contributed by atoms with Gasteiger partial charge in [-0.3, -0.25) is 9.59 Å². The maximum absolute atomic E-state index is 13.3. The molecule has 1 unspecified atom stereocenters. The molecule has 152 valence electrons. The average molecular weight is 417 g/mol. The molecule has 1 saturated carbocycles. The normalized spacial score (nSPS) is 14.9. The Balaban J connectivity index is 0.00000280. The molecule has 1 aliphatic rings. The van der Waals surface area contributed by atoms with Crippen molar-refractivity contribution in [2.75, 3.05) is 6.54 Å². The summed E-state index contributed by atoms with van der Waals surface area (Å²) in [6.07, 6.45) is -2.73. The van der Waals surface area contributed by atoms with Crippen LogP contribution in [0.25, 0.3) is 5.69 Å². The van der Waals surface area contributed by atoms with Crippen LogP contribution in [-0.4, -0.2) is 28.3 Å². The zero-order chi connectivity index (χ0) is 19.8. The molecule has 1 aromatic heterocycles. The molecule has 0 spiro atoms. The minimum atomic E-state index is -4.60. The molecule has 3 N–H and O–H groups in total. The summed E-state index contributed by atoms with van der Waals surface area (Å²) in [5, 5.41) is 6.60. The van der Waals surface area contributed by atoms with E-state index >= 15 is 0 Å². The molecule has 0 saturated heterocycles. The lowest BCUT2D eigenvalue weighted by atomic mass is 10.1. The van der Waals surface area contributed by atoms with Crippen LogP contribution in [0.2, 0.25) is 0 Å². The summed E-state index contributed by atoms with van der Waals surface area (Å²) in [6.45, 7) is 1.67. The summed E-state index contributed by atoms with van der Waals surface area (Å²) in [7, 11) is 0. The molecule has 0 aliphatic heterocycles. The van der Waals surface area contributed by atoms with Gasteiger partial charge in [0.1, 0.15) is 0 Å². The molecule has 1 heterocycles. The fourth-order valence-electron chi connectivity index (χ4n) is 2.95. The molecule has 1 aromatic carbocycles. The zero-order valence-electron chi connectivity index (χ0n) is 15.0. The second kappa shape index (κ2) is 8.32. The second-order valence-electron chi connectivity index (χ2n) is 6.58. The number of alkyl halides is 3. The van der Waals surface area contributed by atoms with Crippen molar-refractivity contribution in [3.63, 3.8) is 0 Å². The molecule has 2 aromatic rings. The maximum Gasteiger partial charge on any atom is 0.418 e. The Morgan fingerprint density at radius 3 is 2.57 bits per heavy atom. The Kier molecular flexibility index (Phi) is 6.51. The zero-order valence-corrected chi connectivity index (χ0v) is 15.8. The Hall–Kier alpha value is -2.39. The molecule has 28 heavy (non-hydrogen) atoms. The number of amides is 1. The summed E-state index contributed by atoms with van der Waals surface area (Å²) >= 11 is 0. The van der Waals surface area contributed by atoms with Crippen LogP contribution in [0.5, 0.6) is 0 Å². The fourth-order valence-corrected chi connectivity index (χ4v) is 2.95. The van der Waals surface area contributed by atoms with Crippen molar-refractivity contribution in [1.82, 2.24) is 15.1 Å². The number of nitrogens with two attached hydrogens (primary N) is 1. The Bertz CT molecular complexity index is 926. The van der Waals surface area contributed by atoms with E-state index in [2.05, 4.69) is 10.4 Å². The summed E-state index contributed by atoms with van der Waals surface area (Å²) in [4.78, 5) is 24.7. The number of carbonyl (C=O) groups excluding carboxylic acids is 1. The Morgan fingerprint density at radius 1 is 1.36 bits per heavy atom. The van der Waals surface area contributed by atoms with Crippen molar-refractivity contribution in [3.8, 4) is 5.69 Å². The number of nitrogens with zero attached hydrogens (tertiary/aromatic N) is 2. The van der Waals surface area contributed by atoms with Gasteiger partial charge in [-0.15, -0.1) is 12.4 Å². The van der Waals surface area contributed by atoms with E-state index in [9.17, 15) is 22.8 Å². The van der Waals surface area contributed by atoms with Crippen LogP contribution in [0.3, 0.4) is 0 Å². The molecule has 0 bridgehead atoms. The van der Waals surface area contributed by atoms with Crippen molar-refractivity contribution < 1.29 is 18.0 Å². The van der Waals surface area contributed by atoms with Crippen LogP contribution >= 0.6 is 12.4 Å². The highest BCUT2D eigenvalue weighted by atomic mass is 35.5. The first-order chi connectivity index (χ1) is 12.7. The smallest absolute Gasteiger partial charge is 0.346 e. The van der Waals surface area contributed by atoms with E-state index < -0.39 is 28.8 Å². The lowest BCUT2D eigenvalue weighted by Crippen LogP contribution is -2.44. The van der Waals surface area contributed by atoms with Crippen molar-refractivity contribution in [2.24, 2.45) is 11.7 Å². The van der Waals surface area contributed by atoms with Crippen molar-refractivity contribution >= 4 is 18.3 Å². The topological polar surface area (TPSA) is 90.0 Å². The number of nitrogens with one attached hydrogen (secondary N) is 1. The van der Waals surface area contributed by atoms with Gasteiger partial charge in [0.15, 0.2) is 5.69 Å². The lowest BCUT2D eigenvalue weighted by molar-refractivity contribution is -0.137. The first kappa shape index (κ1) is 21.9. The molecule has 1 fully saturated rings. The minimum absolute atomic E-state index is 0. The molecular weight excluding hydrogens is 397 g/mol. The number of aromatic nitrogens is 2. The summed E-state index contributed by atoms with van der Waals surface area (Å²) < 4.78 is 40.9. The number of carbonyl (C=O) groups is 1. The van der Waals surface area contributed by atoms with Gasteiger partial charge >= 0.3 is 6.18 Å². The quantitative estimate of drug-likeness (QED) is 0.783. The molecule has 3 rings (SSSR count). The Labute approximate surface area is 165 Å². The van der Waals surface area contributed by atoms with E-state index in [-0.39, 0.29) is 42.3 Å². The number of para-hydroxylation sites is 1. The van der Waals surface area contributed by atoms with Crippen molar-refractivity contribution in [2.45, 2.75) is 32.0 Å². The SMILES string of the molecule is Cc1cc(=O)c(C(=O)NC(CN)C2CC2)nn1-c1ccccc1C(F)(F)F.Cl.